The molecule has 30 heavy (non-hydrogen) atoms. The number of hydrogen-bond donors (Lipinski definition) is 1. The van der Waals surface area contributed by atoms with Gasteiger partial charge in [0, 0.05) is 10.0 Å². The van der Waals surface area contributed by atoms with Gasteiger partial charge in [-0.15, -0.1) is 0 Å². The highest BCUT2D eigenvalue weighted by atomic mass is 79.9. The highest BCUT2D eigenvalue weighted by molar-refractivity contribution is 9.10. The average Bonchev–Trinajstić information content (AvgIpc) is 3.07. The lowest BCUT2D eigenvalue weighted by atomic mass is 10.1. The van der Waals surface area contributed by atoms with Gasteiger partial charge < -0.3 is 10.1 Å². The van der Waals surface area contributed by atoms with Gasteiger partial charge in [0.1, 0.15) is 18.2 Å². The summed E-state index contributed by atoms with van der Waals surface area (Å²) in [4.78, 5) is 17.4. The molecule has 0 bridgehead atoms. The second-order valence-corrected chi connectivity index (χ2v) is 8.36. The molecule has 1 aliphatic rings. The van der Waals surface area contributed by atoms with Crippen molar-refractivity contribution < 1.29 is 13.9 Å². The highest BCUT2D eigenvalue weighted by Crippen LogP contribution is 2.32. The maximum atomic E-state index is 13.4. The molecule has 0 unspecified atom stereocenters. The number of ether oxygens (including phenoxy) is 1. The third kappa shape index (κ3) is 5.17. The molecule has 0 aliphatic carbocycles. The van der Waals surface area contributed by atoms with Gasteiger partial charge in [-0.2, -0.15) is 0 Å². The third-order valence-corrected chi connectivity index (χ3v) is 5.58. The number of nitrogens with zero attached hydrogens (tertiary/aromatic N) is 1. The standard InChI is InChI=1S/C23H16BrFN2O2S/c24-17-9-10-20(29-14-15-5-4-6-18(25)11-15)16(12-17)13-21-22(28)27-23(30-21)26-19-7-2-1-3-8-19/h1-13H,14H2,(H,26,27,28). The van der Waals surface area contributed by atoms with Crippen LogP contribution in [0.2, 0.25) is 0 Å². The minimum absolute atomic E-state index is 0.217. The molecule has 1 saturated heterocycles. The lowest BCUT2D eigenvalue weighted by Gasteiger charge is -2.10. The van der Waals surface area contributed by atoms with Crippen molar-refractivity contribution in [2.75, 3.05) is 0 Å². The fourth-order valence-electron chi connectivity index (χ4n) is 2.79. The van der Waals surface area contributed by atoms with Gasteiger partial charge in [0.2, 0.25) is 0 Å². The summed E-state index contributed by atoms with van der Waals surface area (Å²) in [6.45, 7) is 0.218. The van der Waals surface area contributed by atoms with Gasteiger partial charge in [0.15, 0.2) is 5.17 Å². The van der Waals surface area contributed by atoms with Gasteiger partial charge in [-0.1, -0.05) is 46.3 Å². The van der Waals surface area contributed by atoms with Crippen LogP contribution in [-0.2, 0) is 11.4 Å². The van der Waals surface area contributed by atoms with Crippen LogP contribution in [0.4, 0.5) is 10.1 Å². The summed E-state index contributed by atoms with van der Waals surface area (Å²) in [6, 6.07) is 21.2. The smallest absolute Gasteiger partial charge is 0.264 e. The Morgan fingerprint density at radius 3 is 2.70 bits per heavy atom. The van der Waals surface area contributed by atoms with E-state index in [1.165, 1.54) is 23.9 Å². The molecule has 0 spiro atoms. The molecule has 1 heterocycles. The molecule has 150 valence electrons. The Kier molecular flexibility index (Phi) is 6.30. The summed E-state index contributed by atoms with van der Waals surface area (Å²) in [5.74, 6) is 0.0704. The van der Waals surface area contributed by atoms with Crippen molar-refractivity contribution in [1.82, 2.24) is 5.32 Å². The number of amides is 1. The molecule has 0 saturated carbocycles. The molecule has 0 aromatic heterocycles. The minimum Gasteiger partial charge on any atom is -0.488 e. The van der Waals surface area contributed by atoms with Crippen LogP contribution in [0.5, 0.6) is 5.75 Å². The van der Waals surface area contributed by atoms with Gasteiger partial charge in [0.25, 0.3) is 5.91 Å². The van der Waals surface area contributed by atoms with E-state index >= 15 is 0 Å². The normalized spacial score (nSPS) is 16.1. The molecular weight excluding hydrogens is 467 g/mol. The van der Waals surface area contributed by atoms with Crippen LogP contribution in [0.1, 0.15) is 11.1 Å². The lowest BCUT2D eigenvalue weighted by Crippen LogP contribution is -2.19. The van der Waals surface area contributed by atoms with E-state index in [2.05, 4.69) is 26.2 Å². The summed E-state index contributed by atoms with van der Waals surface area (Å²) in [5, 5.41) is 3.31. The maximum absolute atomic E-state index is 13.4. The topological polar surface area (TPSA) is 50.7 Å². The van der Waals surface area contributed by atoms with E-state index < -0.39 is 0 Å². The number of thioether (sulfide) groups is 1. The first kappa shape index (κ1) is 20.4. The molecule has 1 fully saturated rings. The number of benzene rings is 3. The fourth-order valence-corrected chi connectivity index (χ4v) is 4.00. The molecule has 3 aromatic carbocycles. The van der Waals surface area contributed by atoms with Crippen molar-refractivity contribution >= 4 is 50.5 Å². The van der Waals surface area contributed by atoms with Crippen LogP contribution in [0.25, 0.3) is 6.08 Å². The predicted molar refractivity (Wildman–Crippen MR) is 122 cm³/mol. The fraction of sp³-hybridized carbons (Fsp3) is 0.0435. The van der Waals surface area contributed by atoms with Crippen LogP contribution in [0.3, 0.4) is 0 Å². The largest absolute Gasteiger partial charge is 0.488 e. The van der Waals surface area contributed by atoms with E-state index in [-0.39, 0.29) is 18.3 Å². The number of para-hydroxylation sites is 1. The molecule has 1 N–H and O–H groups in total. The number of hydrogen-bond acceptors (Lipinski definition) is 4. The Labute approximate surface area is 186 Å². The van der Waals surface area contributed by atoms with Crippen molar-refractivity contribution in [1.29, 1.82) is 0 Å². The Morgan fingerprint density at radius 2 is 1.90 bits per heavy atom. The number of carbonyl (C=O) groups is 1. The van der Waals surface area contributed by atoms with Gasteiger partial charge in [-0.05, 0) is 65.9 Å². The average molecular weight is 483 g/mol. The number of amidine groups is 1. The van der Waals surface area contributed by atoms with Crippen molar-refractivity contribution in [3.63, 3.8) is 0 Å². The summed E-state index contributed by atoms with van der Waals surface area (Å²) >= 11 is 4.73. The van der Waals surface area contributed by atoms with Gasteiger partial charge in [-0.3, -0.25) is 4.79 Å². The van der Waals surface area contributed by atoms with Crippen LogP contribution in [0, 0.1) is 5.82 Å². The first-order chi connectivity index (χ1) is 14.6. The molecule has 0 radical (unpaired) electrons. The number of rotatable bonds is 5. The van der Waals surface area contributed by atoms with Crippen LogP contribution < -0.4 is 10.1 Å². The zero-order valence-corrected chi connectivity index (χ0v) is 18.0. The van der Waals surface area contributed by atoms with E-state index in [1.807, 2.05) is 48.5 Å². The van der Waals surface area contributed by atoms with E-state index in [0.717, 1.165) is 21.3 Å². The second kappa shape index (κ2) is 9.28. The number of carbonyl (C=O) groups excluding carboxylic acids is 1. The number of halogens is 2. The minimum atomic E-state index is -0.307. The SMILES string of the molecule is O=C1NC(=Nc2ccccc2)SC1=Cc1cc(Br)ccc1OCc1cccc(F)c1. The molecule has 0 atom stereocenters. The molecule has 7 heteroatoms. The summed E-state index contributed by atoms with van der Waals surface area (Å²) in [5.41, 5.74) is 2.23. The van der Waals surface area contributed by atoms with E-state index in [9.17, 15) is 9.18 Å². The van der Waals surface area contributed by atoms with Gasteiger partial charge in [-0.25, -0.2) is 9.38 Å². The molecule has 4 rings (SSSR count). The summed E-state index contributed by atoms with van der Waals surface area (Å²) < 4.78 is 20.2. The first-order valence-electron chi connectivity index (χ1n) is 9.08. The molecule has 1 aliphatic heterocycles. The van der Waals surface area contributed by atoms with Crippen LogP contribution >= 0.6 is 27.7 Å². The number of nitrogens with one attached hydrogen (secondary N) is 1. The molecule has 1 amide bonds. The number of aliphatic imine (C=N–C) groups is 1. The van der Waals surface area contributed by atoms with Crippen molar-refractivity contribution in [3.05, 3.63) is 99.1 Å². The Balaban J connectivity index is 1.56. The van der Waals surface area contributed by atoms with Crippen LogP contribution in [-0.4, -0.2) is 11.1 Å². The zero-order valence-electron chi connectivity index (χ0n) is 15.6. The summed E-state index contributed by atoms with van der Waals surface area (Å²) in [6.07, 6.45) is 1.76. The maximum Gasteiger partial charge on any atom is 0.264 e. The Hall–Kier alpha value is -2.90. The third-order valence-electron chi connectivity index (χ3n) is 4.18. The van der Waals surface area contributed by atoms with E-state index in [0.29, 0.717) is 15.8 Å². The monoisotopic (exact) mass is 482 g/mol. The summed E-state index contributed by atoms with van der Waals surface area (Å²) in [7, 11) is 0. The molecular formula is C23H16BrFN2O2S. The quantitative estimate of drug-likeness (QED) is 0.449. The zero-order chi connectivity index (χ0) is 20.9. The lowest BCUT2D eigenvalue weighted by molar-refractivity contribution is -0.115. The van der Waals surface area contributed by atoms with Gasteiger partial charge in [0.05, 0.1) is 10.6 Å². The van der Waals surface area contributed by atoms with Gasteiger partial charge >= 0.3 is 0 Å². The van der Waals surface area contributed by atoms with Crippen molar-refractivity contribution in [2.24, 2.45) is 4.99 Å². The predicted octanol–water partition coefficient (Wildman–Crippen LogP) is 6.06. The van der Waals surface area contributed by atoms with E-state index in [1.54, 1.807) is 18.2 Å². The van der Waals surface area contributed by atoms with Crippen molar-refractivity contribution in [2.45, 2.75) is 6.61 Å². The van der Waals surface area contributed by atoms with Crippen molar-refractivity contribution in [3.8, 4) is 5.75 Å². The van der Waals surface area contributed by atoms with Crippen LogP contribution in [0.15, 0.2) is 87.2 Å². The van der Waals surface area contributed by atoms with E-state index in [4.69, 9.17) is 4.74 Å². The Morgan fingerprint density at radius 1 is 1.07 bits per heavy atom. The molecule has 4 nitrogen and oxygen atoms in total. The first-order valence-corrected chi connectivity index (χ1v) is 10.7. The Bertz CT molecular complexity index is 1150. The highest BCUT2D eigenvalue weighted by Gasteiger charge is 2.24. The second-order valence-electron chi connectivity index (χ2n) is 6.42. The molecule has 3 aromatic rings.